The first kappa shape index (κ1) is 44.4. The van der Waals surface area contributed by atoms with Gasteiger partial charge in [-0.2, -0.15) is 60.0 Å². The summed E-state index contributed by atoms with van der Waals surface area (Å²) >= 11 is 0. The fourth-order valence-electron chi connectivity index (χ4n) is 5.48. The predicted molar refractivity (Wildman–Crippen MR) is 168 cm³/mol. The Morgan fingerprint density at radius 1 is 0.431 bits per heavy atom. The predicted octanol–water partition coefficient (Wildman–Crippen LogP) is 3.79. The quantitative estimate of drug-likeness (QED) is 0.0924. The van der Waals surface area contributed by atoms with E-state index < -0.39 is 177 Å². The number of halogens is 6. The van der Waals surface area contributed by atoms with Gasteiger partial charge in [0.25, 0.3) is 40.5 Å². The fraction of sp³-hybridized carbons (Fsp3) is 0.556. The van der Waals surface area contributed by atoms with E-state index in [-0.39, 0.29) is 24.3 Å². The number of benzene rings is 2. The molecule has 292 valence electrons. The molecule has 51 heavy (non-hydrogen) atoms. The van der Waals surface area contributed by atoms with Gasteiger partial charge in [0.1, 0.15) is 11.5 Å². The standard InChI is InChI=1S/C27H34F6O14S4/c28-26(29,30)25(27(31,32)33,21-13-17(5-1-9-48(36,37)38)23(34)18(14-21)6-2-10-49(39,40)41)22-15-19(7-3-11-50(42,43)44)24(35)20(16-22)8-4-12-51(45,46)47/h13-16,34-35H,1-12H2,(H,36,37,38)(H,39,40,41)(H,42,43,44)(H,45,46,47). The highest BCUT2D eigenvalue weighted by atomic mass is 32.2. The van der Waals surface area contributed by atoms with Crippen molar-refractivity contribution in [1.82, 2.24) is 0 Å². The topological polar surface area (TPSA) is 258 Å². The Labute approximate surface area is 289 Å². The van der Waals surface area contributed by atoms with Crippen LogP contribution >= 0.6 is 0 Å². The maximum Gasteiger partial charge on any atom is 0.411 e. The molecule has 0 aliphatic heterocycles. The normalized spacial score (nSPS) is 13.8. The second kappa shape index (κ2) is 16.1. The summed E-state index contributed by atoms with van der Waals surface area (Å²) in [4.78, 5) is 0. The molecule has 2 aromatic carbocycles. The first-order chi connectivity index (χ1) is 22.9. The van der Waals surface area contributed by atoms with Gasteiger partial charge in [0.05, 0.1) is 23.0 Å². The average molecular weight is 825 g/mol. The zero-order valence-corrected chi connectivity index (χ0v) is 29.4. The number of phenolic OH excluding ortho intramolecular Hbond substituents is 2. The number of aromatic hydroxyl groups is 2. The van der Waals surface area contributed by atoms with Gasteiger partial charge in [0, 0.05) is 0 Å². The molecule has 0 amide bonds. The molecule has 0 saturated heterocycles. The maximum atomic E-state index is 15.3. The molecule has 0 aliphatic carbocycles. The van der Waals surface area contributed by atoms with E-state index in [9.17, 15) is 43.9 Å². The number of hydrogen-bond acceptors (Lipinski definition) is 10. The molecule has 24 heteroatoms. The van der Waals surface area contributed by atoms with Gasteiger partial charge in [-0.25, -0.2) is 0 Å². The number of aryl methyl sites for hydroxylation is 4. The van der Waals surface area contributed by atoms with Gasteiger partial charge < -0.3 is 10.2 Å². The Bertz CT molecular complexity index is 1750. The summed E-state index contributed by atoms with van der Waals surface area (Å²) in [6.07, 6.45) is -18.1. The molecule has 2 aromatic rings. The van der Waals surface area contributed by atoms with Crippen LogP contribution in [0.5, 0.6) is 11.5 Å². The highest BCUT2D eigenvalue weighted by Crippen LogP contribution is 2.57. The highest BCUT2D eigenvalue weighted by Gasteiger charge is 2.72. The van der Waals surface area contributed by atoms with Gasteiger partial charge in [0.2, 0.25) is 5.41 Å². The van der Waals surface area contributed by atoms with E-state index in [1.807, 2.05) is 0 Å². The van der Waals surface area contributed by atoms with E-state index in [0.29, 0.717) is 0 Å². The maximum absolute atomic E-state index is 15.3. The summed E-state index contributed by atoms with van der Waals surface area (Å²) in [5.74, 6) is -6.01. The van der Waals surface area contributed by atoms with Crippen LogP contribution in [-0.4, -0.2) is 97.5 Å². The average Bonchev–Trinajstić information content (AvgIpc) is 2.89. The van der Waals surface area contributed by atoms with Crippen molar-refractivity contribution in [2.75, 3.05) is 23.0 Å². The second-order valence-electron chi connectivity index (χ2n) is 11.6. The van der Waals surface area contributed by atoms with Crippen LogP contribution in [0.15, 0.2) is 24.3 Å². The number of alkyl halides is 6. The zero-order chi connectivity index (χ0) is 39.4. The highest BCUT2D eigenvalue weighted by molar-refractivity contribution is 7.86. The van der Waals surface area contributed by atoms with Crippen molar-refractivity contribution >= 4 is 40.5 Å². The monoisotopic (exact) mass is 824 g/mol. The molecule has 6 N–H and O–H groups in total. The number of hydrogen-bond donors (Lipinski definition) is 6. The van der Waals surface area contributed by atoms with Gasteiger partial charge in [-0.1, -0.05) is 24.3 Å². The van der Waals surface area contributed by atoms with E-state index >= 15 is 26.3 Å². The van der Waals surface area contributed by atoms with E-state index in [2.05, 4.69) is 0 Å². The number of rotatable bonds is 18. The molecular formula is C27H34F6O14S4. The van der Waals surface area contributed by atoms with Crippen LogP contribution in [0.2, 0.25) is 0 Å². The van der Waals surface area contributed by atoms with E-state index in [1.165, 1.54) is 0 Å². The molecule has 0 bridgehead atoms. The molecule has 0 aliphatic rings. The van der Waals surface area contributed by atoms with Crippen molar-refractivity contribution in [2.24, 2.45) is 0 Å². The van der Waals surface area contributed by atoms with Crippen molar-refractivity contribution in [3.8, 4) is 11.5 Å². The van der Waals surface area contributed by atoms with Gasteiger partial charge in [-0.05, 0) is 84.7 Å². The molecule has 0 unspecified atom stereocenters. The third-order valence-electron chi connectivity index (χ3n) is 7.65. The Balaban J connectivity index is 3.05. The first-order valence-electron chi connectivity index (χ1n) is 14.5. The largest absolute Gasteiger partial charge is 0.507 e. The van der Waals surface area contributed by atoms with Crippen molar-refractivity contribution in [1.29, 1.82) is 0 Å². The minimum Gasteiger partial charge on any atom is -0.507 e. The van der Waals surface area contributed by atoms with E-state index in [0.717, 1.165) is 0 Å². The van der Waals surface area contributed by atoms with Crippen LogP contribution in [0.25, 0.3) is 0 Å². The zero-order valence-electron chi connectivity index (χ0n) is 26.1. The Hall–Kier alpha value is -2.74. The van der Waals surface area contributed by atoms with Gasteiger partial charge >= 0.3 is 12.4 Å². The second-order valence-corrected chi connectivity index (χ2v) is 17.9. The molecule has 0 saturated carbocycles. The summed E-state index contributed by atoms with van der Waals surface area (Å²) in [5, 5.41) is 21.6. The number of phenols is 2. The lowest BCUT2D eigenvalue weighted by molar-refractivity contribution is -0.288. The third kappa shape index (κ3) is 12.7. The molecule has 0 atom stereocenters. The van der Waals surface area contributed by atoms with Crippen molar-refractivity contribution < 1.29 is 88.4 Å². The minimum atomic E-state index is -6.34. The summed E-state index contributed by atoms with van der Waals surface area (Å²) in [6.45, 7) is 0. The SMILES string of the molecule is O=S(=O)(O)CCCc1cc(C(c2cc(CCCS(=O)(=O)O)c(O)c(CCCS(=O)(=O)O)c2)(C(F)(F)F)C(F)(F)F)cc(CCCS(=O)(=O)O)c1O. The first-order valence-corrected chi connectivity index (χ1v) is 21.0. The molecular weight excluding hydrogens is 791 g/mol. The van der Waals surface area contributed by atoms with Crippen molar-refractivity contribution in [3.05, 3.63) is 57.6 Å². The Kier molecular flexibility index (Phi) is 14.0. The summed E-state index contributed by atoms with van der Waals surface area (Å²) in [6, 6.07) is 1.09. The summed E-state index contributed by atoms with van der Waals surface area (Å²) in [5.41, 5.74) is -11.1. The third-order valence-corrected chi connectivity index (χ3v) is 10.9. The molecule has 0 radical (unpaired) electrons. The van der Waals surface area contributed by atoms with Crippen molar-refractivity contribution in [3.63, 3.8) is 0 Å². The minimum absolute atomic E-state index is 0.273. The summed E-state index contributed by atoms with van der Waals surface area (Å²) in [7, 11) is -18.8. The Morgan fingerprint density at radius 3 is 0.784 bits per heavy atom. The van der Waals surface area contributed by atoms with E-state index in [1.54, 1.807) is 0 Å². The van der Waals surface area contributed by atoms with Crippen LogP contribution in [0, 0.1) is 0 Å². The van der Waals surface area contributed by atoms with Gasteiger partial charge in [-0.15, -0.1) is 0 Å². The van der Waals surface area contributed by atoms with Crippen molar-refractivity contribution in [2.45, 2.75) is 69.1 Å². The molecule has 0 fully saturated rings. The fourth-order valence-corrected chi connectivity index (χ4v) is 7.51. The lowest BCUT2D eigenvalue weighted by atomic mass is 9.70. The van der Waals surface area contributed by atoms with Crippen LogP contribution < -0.4 is 0 Å². The summed E-state index contributed by atoms with van der Waals surface area (Å²) < 4.78 is 218. The lowest BCUT2D eigenvalue weighted by Gasteiger charge is -2.39. The Morgan fingerprint density at radius 2 is 0.627 bits per heavy atom. The molecule has 0 heterocycles. The molecule has 14 nitrogen and oxygen atoms in total. The van der Waals surface area contributed by atoms with E-state index in [4.69, 9.17) is 18.2 Å². The smallest absolute Gasteiger partial charge is 0.411 e. The lowest BCUT2D eigenvalue weighted by Crippen LogP contribution is -2.55. The van der Waals surface area contributed by atoms with Crippen LogP contribution in [0.4, 0.5) is 26.3 Å². The van der Waals surface area contributed by atoms with Crippen LogP contribution in [0.1, 0.15) is 59.1 Å². The van der Waals surface area contributed by atoms with Crippen LogP contribution in [-0.2, 0) is 71.6 Å². The molecule has 2 rings (SSSR count). The molecule has 0 spiro atoms. The van der Waals surface area contributed by atoms with Crippen LogP contribution in [0.3, 0.4) is 0 Å². The van der Waals surface area contributed by atoms with Gasteiger partial charge in [0.15, 0.2) is 0 Å². The molecule has 0 aromatic heterocycles. The van der Waals surface area contributed by atoms with Gasteiger partial charge in [-0.3, -0.25) is 18.2 Å².